The lowest BCUT2D eigenvalue weighted by atomic mass is 9.94. The van der Waals surface area contributed by atoms with Crippen molar-refractivity contribution >= 4 is 0 Å². The molecule has 2 atom stereocenters. The second-order valence-electron chi connectivity index (χ2n) is 6.79. The number of hydrogen-bond acceptors (Lipinski definition) is 2. The minimum atomic E-state index is -0.686. The highest BCUT2D eigenvalue weighted by Crippen LogP contribution is 2.18. The Morgan fingerprint density at radius 1 is 0.783 bits per heavy atom. The summed E-state index contributed by atoms with van der Waals surface area (Å²) in [4.78, 5) is 0. The quantitative estimate of drug-likeness (QED) is 0.261. The topological polar surface area (TPSA) is 40.5 Å². The van der Waals surface area contributed by atoms with Crippen molar-refractivity contribution in [3.63, 3.8) is 0 Å². The molecule has 2 unspecified atom stereocenters. The van der Waals surface area contributed by atoms with Gasteiger partial charge in [-0.15, -0.1) is 0 Å². The molecule has 2 heteroatoms. The largest absolute Gasteiger partial charge is 0.394 e. The lowest BCUT2D eigenvalue weighted by Crippen LogP contribution is -2.17. The second-order valence-corrected chi connectivity index (χ2v) is 6.79. The molecule has 0 aromatic heterocycles. The molecule has 0 aliphatic carbocycles. The molecule has 0 spiro atoms. The van der Waals surface area contributed by atoms with Crippen LogP contribution in [0.4, 0.5) is 0 Å². The normalized spacial score (nSPS) is 14.4. The van der Waals surface area contributed by atoms with Crippen LogP contribution >= 0.6 is 0 Å². The van der Waals surface area contributed by atoms with Gasteiger partial charge in [0, 0.05) is 0 Å². The van der Waals surface area contributed by atoms with Gasteiger partial charge in [-0.1, -0.05) is 90.2 Å². The van der Waals surface area contributed by atoms with E-state index in [0.29, 0.717) is 5.92 Å². The Hall–Kier alpha value is -0.340. The van der Waals surface area contributed by atoms with Crippen LogP contribution in [-0.2, 0) is 0 Å². The standard InChI is InChI=1S/C21H41O2/c1-3-5-7-9-10-11-13-15-17-20(18-21(23)19-22)16-14-12-8-6-4-2/h15,17-18,20-23H,3-14,16,19H2,1-2H3/b17-15-. The molecule has 0 aliphatic heterocycles. The van der Waals surface area contributed by atoms with Crippen LogP contribution in [0.3, 0.4) is 0 Å². The molecular weight excluding hydrogens is 284 g/mol. The van der Waals surface area contributed by atoms with Crippen LogP contribution in [0, 0.1) is 12.3 Å². The third-order valence-electron chi connectivity index (χ3n) is 4.41. The van der Waals surface area contributed by atoms with Gasteiger partial charge in [-0.3, -0.25) is 0 Å². The van der Waals surface area contributed by atoms with Gasteiger partial charge >= 0.3 is 0 Å². The predicted molar refractivity (Wildman–Crippen MR) is 101 cm³/mol. The highest BCUT2D eigenvalue weighted by Gasteiger charge is 2.11. The van der Waals surface area contributed by atoms with Gasteiger partial charge in [-0.05, 0) is 31.6 Å². The summed E-state index contributed by atoms with van der Waals surface area (Å²) in [5, 5.41) is 18.7. The summed E-state index contributed by atoms with van der Waals surface area (Å²) in [6, 6.07) is 0. The first kappa shape index (κ1) is 22.7. The highest BCUT2D eigenvalue weighted by atomic mass is 16.3. The Kier molecular flexibility index (Phi) is 17.7. The van der Waals surface area contributed by atoms with E-state index in [-0.39, 0.29) is 6.61 Å². The van der Waals surface area contributed by atoms with Crippen LogP contribution in [0.2, 0.25) is 0 Å². The van der Waals surface area contributed by atoms with Crippen LogP contribution in [0.25, 0.3) is 0 Å². The molecule has 23 heavy (non-hydrogen) atoms. The SMILES string of the molecule is CCCCCCCC/C=C\C([CH]C(O)CO)CCCCCCC. The van der Waals surface area contributed by atoms with Gasteiger partial charge in [0.05, 0.1) is 12.7 Å². The average molecular weight is 326 g/mol. The third-order valence-corrected chi connectivity index (χ3v) is 4.41. The minimum absolute atomic E-state index is 0.169. The third kappa shape index (κ3) is 16.3. The van der Waals surface area contributed by atoms with Gasteiger partial charge < -0.3 is 10.2 Å². The van der Waals surface area contributed by atoms with E-state index in [1.165, 1.54) is 70.6 Å². The molecule has 0 amide bonds. The Balaban J connectivity index is 3.87. The maximum atomic E-state index is 9.65. The molecule has 0 saturated carbocycles. The fourth-order valence-corrected chi connectivity index (χ4v) is 2.90. The lowest BCUT2D eigenvalue weighted by Gasteiger charge is -2.15. The molecule has 1 radical (unpaired) electrons. The monoisotopic (exact) mass is 325 g/mol. The number of hydrogen-bond donors (Lipinski definition) is 2. The van der Waals surface area contributed by atoms with E-state index in [4.69, 9.17) is 5.11 Å². The predicted octanol–water partition coefficient (Wildman–Crippen LogP) is 5.83. The Morgan fingerprint density at radius 3 is 1.96 bits per heavy atom. The van der Waals surface area contributed by atoms with Gasteiger partial charge in [0.15, 0.2) is 0 Å². The van der Waals surface area contributed by atoms with E-state index in [1.54, 1.807) is 0 Å². The van der Waals surface area contributed by atoms with Crippen LogP contribution < -0.4 is 0 Å². The zero-order valence-electron chi connectivity index (χ0n) is 15.7. The maximum Gasteiger partial charge on any atom is 0.0808 e. The van der Waals surface area contributed by atoms with Crippen LogP contribution in [0.15, 0.2) is 12.2 Å². The molecule has 0 saturated heterocycles. The molecule has 0 aromatic rings. The van der Waals surface area contributed by atoms with E-state index < -0.39 is 6.10 Å². The number of aliphatic hydroxyl groups is 2. The first-order valence-electron chi connectivity index (χ1n) is 10.0. The summed E-state index contributed by atoms with van der Waals surface area (Å²) in [6.07, 6.45) is 22.4. The molecule has 0 rings (SSSR count). The van der Waals surface area contributed by atoms with Crippen molar-refractivity contribution in [3.05, 3.63) is 18.6 Å². The molecule has 2 nitrogen and oxygen atoms in total. The summed E-state index contributed by atoms with van der Waals surface area (Å²) < 4.78 is 0. The van der Waals surface area contributed by atoms with Crippen molar-refractivity contribution in [1.82, 2.24) is 0 Å². The van der Waals surface area contributed by atoms with E-state index in [9.17, 15) is 5.11 Å². The van der Waals surface area contributed by atoms with E-state index in [1.807, 2.05) is 6.42 Å². The second kappa shape index (κ2) is 18.0. The summed E-state index contributed by atoms with van der Waals surface area (Å²) in [6.45, 7) is 4.32. The molecule has 2 N–H and O–H groups in total. The minimum Gasteiger partial charge on any atom is -0.394 e. The van der Waals surface area contributed by atoms with Gasteiger partial charge in [0.1, 0.15) is 0 Å². The number of aliphatic hydroxyl groups excluding tert-OH is 2. The van der Waals surface area contributed by atoms with Crippen molar-refractivity contribution in [2.75, 3.05) is 6.61 Å². The van der Waals surface area contributed by atoms with Crippen LogP contribution in [0.5, 0.6) is 0 Å². The fraction of sp³-hybridized carbons (Fsp3) is 0.857. The first-order valence-corrected chi connectivity index (χ1v) is 10.0. The number of allylic oxidation sites excluding steroid dienone is 2. The van der Waals surface area contributed by atoms with E-state index in [2.05, 4.69) is 26.0 Å². The molecule has 0 aliphatic rings. The van der Waals surface area contributed by atoms with E-state index in [0.717, 1.165) is 12.8 Å². The lowest BCUT2D eigenvalue weighted by molar-refractivity contribution is 0.112. The average Bonchev–Trinajstić information content (AvgIpc) is 2.56. The summed E-state index contributed by atoms with van der Waals surface area (Å²) in [5.41, 5.74) is 0. The summed E-state index contributed by atoms with van der Waals surface area (Å²) in [5.74, 6) is 0.305. The molecule has 137 valence electrons. The zero-order chi connectivity index (χ0) is 17.2. The highest BCUT2D eigenvalue weighted by molar-refractivity contribution is 4.98. The van der Waals surface area contributed by atoms with Crippen LogP contribution in [-0.4, -0.2) is 22.9 Å². The van der Waals surface area contributed by atoms with Crippen molar-refractivity contribution in [3.8, 4) is 0 Å². The van der Waals surface area contributed by atoms with Gasteiger partial charge in [-0.2, -0.15) is 0 Å². The molecule has 0 aromatic carbocycles. The van der Waals surface area contributed by atoms with Gasteiger partial charge in [0.2, 0.25) is 0 Å². The van der Waals surface area contributed by atoms with Crippen molar-refractivity contribution < 1.29 is 10.2 Å². The van der Waals surface area contributed by atoms with Crippen molar-refractivity contribution in [2.24, 2.45) is 5.92 Å². The van der Waals surface area contributed by atoms with Crippen molar-refractivity contribution in [1.29, 1.82) is 0 Å². The molecule has 0 bridgehead atoms. The fourth-order valence-electron chi connectivity index (χ4n) is 2.90. The zero-order valence-corrected chi connectivity index (χ0v) is 15.7. The van der Waals surface area contributed by atoms with Crippen LogP contribution in [0.1, 0.15) is 97.3 Å². The molecular formula is C21H41O2. The van der Waals surface area contributed by atoms with Gasteiger partial charge in [0.25, 0.3) is 0 Å². The molecule has 0 heterocycles. The number of unbranched alkanes of at least 4 members (excludes halogenated alkanes) is 10. The molecule has 0 fully saturated rings. The Bertz CT molecular complexity index is 250. The Morgan fingerprint density at radius 2 is 1.35 bits per heavy atom. The van der Waals surface area contributed by atoms with Crippen molar-refractivity contribution in [2.45, 2.75) is 103 Å². The van der Waals surface area contributed by atoms with E-state index >= 15 is 0 Å². The summed E-state index contributed by atoms with van der Waals surface area (Å²) in [7, 11) is 0. The first-order chi connectivity index (χ1) is 11.2. The smallest absolute Gasteiger partial charge is 0.0808 e. The van der Waals surface area contributed by atoms with Gasteiger partial charge in [-0.25, -0.2) is 0 Å². The number of rotatable bonds is 17. The maximum absolute atomic E-state index is 9.65. The Labute approximate surface area is 145 Å². The summed E-state index contributed by atoms with van der Waals surface area (Å²) >= 11 is 0.